The van der Waals surface area contributed by atoms with E-state index in [-0.39, 0.29) is 23.8 Å². The van der Waals surface area contributed by atoms with Crippen LogP contribution in [0, 0.1) is 0 Å². The van der Waals surface area contributed by atoms with Gasteiger partial charge in [-0.05, 0) is 18.6 Å². The van der Waals surface area contributed by atoms with Crippen LogP contribution in [0.2, 0.25) is 0 Å². The monoisotopic (exact) mass is 482 g/mol. The standard InChI is InChI=1S/C21H21F3N4O4S/c22-21(23,24)13-4-1-2-5-14(13)32-12-8-10-28(11-9-12)20-27-18-17(33-20)19(31)26-15(25-18)6-3-7-16(29)30/h1-2,4-5,12H,3,6-11H2,(H,29,30)(H,25,26,31). The van der Waals surface area contributed by atoms with E-state index in [1.807, 2.05) is 4.90 Å². The highest BCUT2D eigenvalue weighted by Gasteiger charge is 2.35. The second kappa shape index (κ2) is 9.38. The van der Waals surface area contributed by atoms with Crippen molar-refractivity contribution in [1.82, 2.24) is 15.0 Å². The highest BCUT2D eigenvalue weighted by Crippen LogP contribution is 2.37. The van der Waals surface area contributed by atoms with Gasteiger partial charge < -0.3 is 19.7 Å². The van der Waals surface area contributed by atoms with Crippen LogP contribution in [-0.4, -0.2) is 45.2 Å². The summed E-state index contributed by atoms with van der Waals surface area (Å²) in [5, 5.41) is 9.36. The molecule has 0 bridgehead atoms. The minimum absolute atomic E-state index is 0.0193. The topological polar surface area (TPSA) is 108 Å². The maximum Gasteiger partial charge on any atom is 0.419 e. The van der Waals surface area contributed by atoms with Crippen molar-refractivity contribution in [2.45, 2.75) is 44.4 Å². The van der Waals surface area contributed by atoms with Crippen LogP contribution >= 0.6 is 11.3 Å². The number of aromatic amines is 1. The molecular weight excluding hydrogens is 461 g/mol. The highest BCUT2D eigenvalue weighted by atomic mass is 32.1. The third kappa shape index (κ3) is 5.44. The fourth-order valence-electron chi connectivity index (χ4n) is 3.68. The summed E-state index contributed by atoms with van der Waals surface area (Å²) in [4.78, 5) is 36.5. The first kappa shape index (κ1) is 23.0. The largest absolute Gasteiger partial charge is 0.490 e. The van der Waals surface area contributed by atoms with Crippen molar-refractivity contribution in [3.8, 4) is 5.75 Å². The molecule has 33 heavy (non-hydrogen) atoms. The van der Waals surface area contributed by atoms with Gasteiger partial charge in [0.25, 0.3) is 5.56 Å². The minimum atomic E-state index is -4.48. The lowest BCUT2D eigenvalue weighted by Gasteiger charge is -2.32. The number of ether oxygens (including phenoxy) is 1. The molecule has 2 N–H and O–H groups in total. The van der Waals surface area contributed by atoms with Gasteiger partial charge in [0.1, 0.15) is 22.4 Å². The number of carboxylic acid groups (broad SMARTS) is 1. The van der Waals surface area contributed by atoms with Crippen LogP contribution < -0.4 is 15.2 Å². The molecule has 0 unspecified atom stereocenters. The van der Waals surface area contributed by atoms with Gasteiger partial charge in [0.2, 0.25) is 0 Å². The fraction of sp³-hybridized carbons (Fsp3) is 0.429. The number of alkyl halides is 3. The van der Waals surface area contributed by atoms with E-state index in [4.69, 9.17) is 9.84 Å². The Bertz CT molecular complexity index is 1200. The number of anilines is 1. The number of rotatable bonds is 7. The molecule has 1 saturated heterocycles. The maximum absolute atomic E-state index is 13.2. The van der Waals surface area contributed by atoms with Crippen molar-refractivity contribution in [3.05, 3.63) is 46.0 Å². The highest BCUT2D eigenvalue weighted by molar-refractivity contribution is 7.22. The number of aromatic nitrogens is 3. The lowest BCUT2D eigenvalue weighted by atomic mass is 10.1. The molecule has 3 heterocycles. The van der Waals surface area contributed by atoms with Crippen LogP contribution in [0.15, 0.2) is 29.1 Å². The van der Waals surface area contributed by atoms with Crippen LogP contribution in [0.3, 0.4) is 0 Å². The Labute approximate surface area is 190 Å². The summed E-state index contributed by atoms with van der Waals surface area (Å²) in [6.45, 7) is 1.03. The number of carboxylic acids is 1. The molecule has 1 fully saturated rings. The number of fused-ring (bicyclic) bond motifs is 1. The first-order valence-electron chi connectivity index (χ1n) is 10.4. The maximum atomic E-state index is 13.2. The number of nitrogens with zero attached hydrogens (tertiary/aromatic N) is 3. The van der Waals surface area contributed by atoms with E-state index in [0.29, 0.717) is 60.1 Å². The second-order valence-electron chi connectivity index (χ2n) is 7.71. The number of benzene rings is 1. The first-order valence-corrected chi connectivity index (χ1v) is 11.2. The number of halogens is 3. The van der Waals surface area contributed by atoms with Crippen LogP contribution in [0.25, 0.3) is 10.3 Å². The van der Waals surface area contributed by atoms with E-state index < -0.39 is 17.7 Å². The van der Waals surface area contributed by atoms with Crippen molar-refractivity contribution in [2.24, 2.45) is 0 Å². The SMILES string of the molecule is O=C(O)CCCc1nc2nc(N3CCC(Oc4ccccc4C(F)(F)F)CC3)sc2c(=O)[nH]1. The Morgan fingerprint density at radius 3 is 2.67 bits per heavy atom. The molecule has 8 nitrogen and oxygen atoms in total. The Morgan fingerprint density at radius 2 is 1.97 bits per heavy atom. The van der Waals surface area contributed by atoms with Crippen molar-refractivity contribution in [3.63, 3.8) is 0 Å². The average molecular weight is 482 g/mol. The van der Waals surface area contributed by atoms with Crippen molar-refractivity contribution >= 4 is 32.8 Å². The predicted molar refractivity (Wildman–Crippen MR) is 116 cm³/mol. The van der Waals surface area contributed by atoms with Crippen LogP contribution in [0.4, 0.5) is 18.3 Å². The molecular formula is C21H21F3N4O4S. The third-order valence-electron chi connectivity index (χ3n) is 5.31. The molecule has 0 radical (unpaired) electrons. The Hall–Kier alpha value is -3.15. The molecule has 1 aromatic carbocycles. The van der Waals surface area contributed by atoms with E-state index in [2.05, 4.69) is 15.0 Å². The van der Waals surface area contributed by atoms with E-state index in [0.717, 1.165) is 6.07 Å². The number of thiazole rings is 1. The fourth-order valence-corrected chi connectivity index (χ4v) is 4.63. The number of H-pyrrole nitrogens is 1. The van der Waals surface area contributed by atoms with Crippen LogP contribution in [-0.2, 0) is 17.4 Å². The number of hydrogen-bond acceptors (Lipinski definition) is 7. The number of nitrogens with one attached hydrogen (secondary N) is 1. The second-order valence-corrected chi connectivity index (χ2v) is 8.68. The van der Waals surface area contributed by atoms with Crippen molar-refractivity contribution < 1.29 is 27.8 Å². The average Bonchev–Trinajstić information content (AvgIpc) is 3.18. The van der Waals surface area contributed by atoms with Gasteiger partial charge in [-0.1, -0.05) is 23.5 Å². The van der Waals surface area contributed by atoms with Crippen molar-refractivity contribution in [1.29, 1.82) is 0 Å². The molecule has 0 saturated carbocycles. The lowest BCUT2D eigenvalue weighted by molar-refractivity contribution is -0.139. The number of aryl methyl sites for hydroxylation is 1. The molecule has 176 valence electrons. The number of aliphatic carboxylic acids is 1. The predicted octanol–water partition coefficient (Wildman–Crippen LogP) is 3.85. The molecule has 12 heteroatoms. The number of carbonyl (C=O) groups is 1. The van der Waals surface area contributed by atoms with Gasteiger partial charge >= 0.3 is 12.1 Å². The Balaban J connectivity index is 1.42. The third-order valence-corrected chi connectivity index (χ3v) is 6.41. The van der Waals surface area contributed by atoms with Gasteiger partial charge in [-0.3, -0.25) is 9.59 Å². The van der Waals surface area contributed by atoms with Gasteiger partial charge in [-0.25, -0.2) is 4.98 Å². The summed E-state index contributed by atoms with van der Waals surface area (Å²) in [6, 6.07) is 5.18. The zero-order valence-electron chi connectivity index (χ0n) is 17.4. The summed E-state index contributed by atoms with van der Waals surface area (Å²) in [6.07, 6.45) is -3.17. The quantitative estimate of drug-likeness (QED) is 0.527. The molecule has 0 spiro atoms. The van der Waals surface area contributed by atoms with Crippen LogP contribution in [0.5, 0.6) is 5.75 Å². The van der Waals surface area contributed by atoms with Gasteiger partial charge in [-0.2, -0.15) is 18.2 Å². The molecule has 3 aromatic rings. The zero-order valence-corrected chi connectivity index (χ0v) is 18.2. The van der Waals surface area contributed by atoms with E-state index in [1.165, 1.54) is 29.5 Å². The van der Waals surface area contributed by atoms with E-state index in [1.54, 1.807) is 0 Å². The zero-order chi connectivity index (χ0) is 23.6. The molecule has 1 aliphatic rings. The summed E-state index contributed by atoms with van der Waals surface area (Å²) in [5.74, 6) is -0.695. The molecule has 4 rings (SSSR count). The minimum Gasteiger partial charge on any atom is -0.490 e. The summed E-state index contributed by atoms with van der Waals surface area (Å²) >= 11 is 1.20. The van der Waals surface area contributed by atoms with E-state index >= 15 is 0 Å². The normalized spacial score (nSPS) is 15.2. The Morgan fingerprint density at radius 1 is 1.24 bits per heavy atom. The van der Waals surface area contributed by atoms with Gasteiger partial charge in [0, 0.05) is 38.8 Å². The summed E-state index contributed by atoms with van der Waals surface area (Å²) in [7, 11) is 0. The summed E-state index contributed by atoms with van der Waals surface area (Å²) in [5.41, 5.74) is -0.805. The number of para-hydroxylation sites is 1. The molecule has 0 aliphatic carbocycles. The Kier molecular flexibility index (Phi) is 6.54. The number of piperidine rings is 1. The smallest absolute Gasteiger partial charge is 0.419 e. The first-order chi connectivity index (χ1) is 15.7. The molecule has 2 aromatic heterocycles. The summed E-state index contributed by atoms with van der Waals surface area (Å²) < 4.78 is 45.6. The molecule has 0 atom stereocenters. The van der Waals surface area contributed by atoms with Crippen LogP contribution in [0.1, 0.15) is 37.1 Å². The lowest BCUT2D eigenvalue weighted by Crippen LogP contribution is -2.38. The van der Waals surface area contributed by atoms with Crippen molar-refractivity contribution in [2.75, 3.05) is 18.0 Å². The molecule has 0 amide bonds. The van der Waals surface area contributed by atoms with E-state index in [9.17, 15) is 22.8 Å². The van der Waals surface area contributed by atoms with Gasteiger partial charge in [0.15, 0.2) is 10.8 Å². The van der Waals surface area contributed by atoms with Gasteiger partial charge in [0.05, 0.1) is 5.56 Å². The van der Waals surface area contributed by atoms with Gasteiger partial charge in [-0.15, -0.1) is 0 Å². The molecule has 1 aliphatic heterocycles. The number of hydrogen-bond donors (Lipinski definition) is 2.